The molecule has 0 spiro atoms. The van der Waals surface area contributed by atoms with E-state index in [9.17, 15) is 9.59 Å². The molecule has 0 aromatic rings. The van der Waals surface area contributed by atoms with Gasteiger partial charge in [-0.25, -0.2) is 0 Å². The van der Waals surface area contributed by atoms with Crippen molar-refractivity contribution in [3.05, 3.63) is 0 Å². The van der Waals surface area contributed by atoms with Crippen molar-refractivity contribution in [1.29, 1.82) is 0 Å². The summed E-state index contributed by atoms with van der Waals surface area (Å²) >= 11 is 0. The maximum Gasteiger partial charge on any atom is 0.325 e. The fourth-order valence-corrected chi connectivity index (χ4v) is 0.995. The molecule has 1 aliphatic heterocycles. The number of carbonyl (C=O) groups excluding carboxylic acids is 2. The smallest absolute Gasteiger partial charge is 0.325 e. The summed E-state index contributed by atoms with van der Waals surface area (Å²) in [5.41, 5.74) is 0. The first-order chi connectivity index (χ1) is 5.18. The standard InChI is InChI=1S/C7H11NO3/c1-6(9)5-8-4-2-3-7(10)11-8/h2-5H2,1H3. The Bertz CT molecular complexity index is 177. The zero-order valence-corrected chi connectivity index (χ0v) is 6.50. The summed E-state index contributed by atoms with van der Waals surface area (Å²) in [6.07, 6.45) is 1.25. The minimum absolute atomic E-state index is 0.0136. The van der Waals surface area contributed by atoms with Crippen LogP contribution in [0.3, 0.4) is 0 Å². The van der Waals surface area contributed by atoms with E-state index >= 15 is 0 Å². The highest BCUT2D eigenvalue weighted by Gasteiger charge is 2.18. The first-order valence-corrected chi connectivity index (χ1v) is 3.63. The highest BCUT2D eigenvalue weighted by molar-refractivity contribution is 5.78. The molecule has 0 aromatic heterocycles. The fraction of sp³-hybridized carbons (Fsp3) is 0.714. The molecule has 0 saturated carbocycles. The molecule has 0 N–H and O–H groups in total. The summed E-state index contributed by atoms with van der Waals surface area (Å²) in [5.74, 6) is -0.225. The van der Waals surface area contributed by atoms with E-state index in [4.69, 9.17) is 4.84 Å². The van der Waals surface area contributed by atoms with Crippen molar-refractivity contribution in [3.8, 4) is 0 Å². The van der Waals surface area contributed by atoms with Crippen molar-refractivity contribution in [2.24, 2.45) is 0 Å². The predicted molar refractivity (Wildman–Crippen MR) is 37.6 cm³/mol. The topological polar surface area (TPSA) is 46.6 Å². The predicted octanol–water partition coefficient (Wildman–Crippen LogP) is 0.129. The average molecular weight is 157 g/mol. The molecule has 1 fully saturated rings. The molecule has 0 bridgehead atoms. The van der Waals surface area contributed by atoms with Gasteiger partial charge in [-0.15, -0.1) is 5.06 Å². The Labute approximate surface area is 65.1 Å². The Hall–Kier alpha value is -0.900. The van der Waals surface area contributed by atoms with Gasteiger partial charge in [-0.3, -0.25) is 9.59 Å². The number of nitrogens with zero attached hydrogens (tertiary/aromatic N) is 1. The highest BCUT2D eigenvalue weighted by atomic mass is 16.7. The lowest BCUT2D eigenvalue weighted by Crippen LogP contribution is -2.36. The van der Waals surface area contributed by atoms with E-state index in [1.54, 1.807) is 0 Å². The van der Waals surface area contributed by atoms with Crippen LogP contribution in [0.1, 0.15) is 19.8 Å². The summed E-state index contributed by atoms with van der Waals surface area (Å²) in [6, 6.07) is 0. The van der Waals surface area contributed by atoms with Crippen LogP contribution in [0.25, 0.3) is 0 Å². The number of rotatable bonds is 2. The van der Waals surface area contributed by atoms with E-state index in [0.29, 0.717) is 13.0 Å². The van der Waals surface area contributed by atoms with E-state index in [1.165, 1.54) is 12.0 Å². The van der Waals surface area contributed by atoms with Crippen molar-refractivity contribution in [3.63, 3.8) is 0 Å². The summed E-state index contributed by atoms with van der Waals surface area (Å²) < 4.78 is 0. The molecule has 1 heterocycles. The van der Waals surface area contributed by atoms with Crippen LogP contribution in [0, 0.1) is 0 Å². The van der Waals surface area contributed by atoms with Gasteiger partial charge >= 0.3 is 5.97 Å². The quantitative estimate of drug-likeness (QED) is 0.571. The van der Waals surface area contributed by atoms with Gasteiger partial charge in [0.25, 0.3) is 0 Å². The molecule has 11 heavy (non-hydrogen) atoms. The molecule has 0 radical (unpaired) electrons. The van der Waals surface area contributed by atoms with Crippen LogP contribution in [0.15, 0.2) is 0 Å². The maximum absolute atomic E-state index is 10.7. The zero-order chi connectivity index (χ0) is 8.27. The van der Waals surface area contributed by atoms with Crippen molar-refractivity contribution < 1.29 is 14.4 Å². The van der Waals surface area contributed by atoms with Crippen LogP contribution in [0.2, 0.25) is 0 Å². The average Bonchev–Trinajstić information content (AvgIpc) is 1.85. The van der Waals surface area contributed by atoms with Crippen molar-refractivity contribution in [1.82, 2.24) is 5.06 Å². The Morgan fingerprint density at radius 1 is 1.73 bits per heavy atom. The van der Waals surface area contributed by atoms with E-state index in [-0.39, 0.29) is 18.3 Å². The van der Waals surface area contributed by atoms with Crippen molar-refractivity contribution in [2.45, 2.75) is 19.8 Å². The summed E-state index contributed by atoms with van der Waals surface area (Å²) in [5, 5.41) is 1.41. The van der Waals surface area contributed by atoms with E-state index in [1.807, 2.05) is 0 Å². The van der Waals surface area contributed by atoms with Gasteiger partial charge in [0.05, 0.1) is 6.54 Å². The molecular formula is C7H11NO3. The molecule has 0 unspecified atom stereocenters. The molecule has 0 aliphatic carbocycles. The van der Waals surface area contributed by atoms with Gasteiger partial charge in [0.2, 0.25) is 0 Å². The number of hydrogen-bond donors (Lipinski definition) is 0. The number of carbonyl (C=O) groups is 2. The second-order valence-corrected chi connectivity index (χ2v) is 2.63. The molecule has 1 rings (SSSR count). The normalized spacial score (nSPS) is 19.5. The van der Waals surface area contributed by atoms with E-state index in [0.717, 1.165) is 6.42 Å². The van der Waals surface area contributed by atoms with Gasteiger partial charge < -0.3 is 4.84 Å². The lowest BCUT2D eigenvalue weighted by atomic mass is 10.3. The van der Waals surface area contributed by atoms with Crippen molar-refractivity contribution >= 4 is 11.8 Å². The van der Waals surface area contributed by atoms with Gasteiger partial charge in [-0.1, -0.05) is 0 Å². The van der Waals surface area contributed by atoms with Crippen LogP contribution >= 0.6 is 0 Å². The Balaban J connectivity index is 2.34. The second kappa shape index (κ2) is 3.48. The van der Waals surface area contributed by atoms with Gasteiger partial charge in [0.15, 0.2) is 0 Å². The van der Waals surface area contributed by atoms with Crippen LogP contribution in [0.5, 0.6) is 0 Å². The SMILES string of the molecule is CC(=O)CN1CCCC(=O)O1. The number of ketones is 1. The molecule has 1 aliphatic rings. The molecule has 4 heteroatoms. The second-order valence-electron chi connectivity index (χ2n) is 2.63. The van der Waals surface area contributed by atoms with Gasteiger partial charge in [-0.05, 0) is 13.3 Å². The first-order valence-electron chi connectivity index (χ1n) is 3.63. The number of Topliss-reactive ketones (excluding diaryl/α,β-unsaturated/α-hetero) is 1. The molecule has 4 nitrogen and oxygen atoms in total. The largest absolute Gasteiger partial charge is 0.368 e. The van der Waals surface area contributed by atoms with Crippen LogP contribution in [-0.2, 0) is 14.4 Å². The zero-order valence-electron chi connectivity index (χ0n) is 6.50. The molecule has 62 valence electrons. The van der Waals surface area contributed by atoms with Crippen LogP contribution in [-0.4, -0.2) is 29.9 Å². The van der Waals surface area contributed by atoms with Crippen molar-refractivity contribution in [2.75, 3.05) is 13.1 Å². The molecule has 0 amide bonds. The summed E-state index contributed by atoms with van der Waals surface area (Å²) in [4.78, 5) is 26.0. The minimum Gasteiger partial charge on any atom is -0.368 e. The maximum atomic E-state index is 10.7. The highest BCUT2D eigenvalue weighted by Crippen LogP contribution is 2.06. The Kier molecular flexibility index (Phi) is 2.59. The summed E-state index contributed by atoms with van der Waals surface area (Å²) in [6.45, 7) is 2.36. The van der Waals surface area contributed by atoms with Gasteiger partial charge in [0, 0.05) is 13.0 Å². The third kappa shape index (κ3) is 2.67. The van der Waals surface area contributed by atoms with Gasteiger partial charge in [-0.2, -0.15) is 0 Å². The lowest BCUT2D eigenvalue weighted by molar-refractivity contribution is -0.199. The minimum atomic E-state index is -0.238. The first kappa shape index (κ1) is 8.20. The number of hydroxylamine groups is 2. The third-order valence-corrected chi connectivity index (χ3v) is 1.42. The van der Waals surface area contributed by atoms with Gasteiger partial charge in [0.1, 0.15) is 5.78 Å². The van der Waals surface area contributed by atoms with E-state index in [2.05, 4.69) is 0 Å². The Morgan fingerprint density at radius 2 is 2.45 bits per heavy atom. The molecule has 0 atom stereocenters. The molecular weight excluding hydrogens is 146 g/mol. The Morgan fingerprint density at radius 3 is 3.00 bits per heavy atom. The fourth-order valence-electron chi connectivity index (χ4n) is 0.995. The lowest BCUT2D eigenvalue weighted by Gasteiger charge is -2.23. The monoisotopic (exact) mass is 157 g/mol. The van der Waals surface area contributed by atoms with Crippen LogP contribution in [0.4, 0.5) is 0 Å². The summed E-state index contributed by atoms with van der Waals surface area (Å²) in [7, 11) is 0. The molecule has 0 aromatic carbocycles. The molecule has 1 saturated heterocycles. The van der Waals surface area contributed by atoms with E-state index < -0.39 is 0 Å². The van der Waals surface area contributed by atoms with Crippen LogP contribution < -0.4 is 0 Å². The number of hydrogen-bond acceptors (Lipinski definition) is 4. The third-order valence-electron chi connectivity index (χ3n) is 1.42.